The molecular formula is C18H22N4O2. The standard InChI is InChI=1S/C18H22N4O2/c23-12-21-9-7-15-16(6-8-19-18(15)21)22-11-14(10-20-22)17(24)13-4-2-1-3-5-13/h6-11,13,17,23-24H,1-5,12H2. The maximum absolute atomic E-state index is 10.7. The largest absolute Gasteiger partial charge is 0.388 e. The highest BCUT2D eigenvalue weighted by Crippen LogP contribution is 2.34. The molecule has 6 nitrogen and oxygen atoms in total. The van der Waals surface area contributed by atoms with Gasteiger partial charge in [0.25, 0.3) is 0 Å². The van der Waals surface area contributed by atoms with Gasteiger partial charge in [-0.25, -0.2) is 9.67 Å². The van der Waals surface area contributed by atoms with Crippen LogP contribution in [0.2, 0.25) is 0 Å². The number of aromatic nitrogens is 4. The maximum Gasteiger partial charge on any atom is 0.143 e. The SMILES string of the molecule is OCn1ccc2c(-n3cc(C(O)C4CCCCC4)cn3)ccnc21. The highest BCUT2D eigenvalue weighted by molar-refractivity contribution is 5.85. The molecule has 0 amide bonds. The minimum atomic E-state index is -0.446. The van der Waals surface area contributed by atoms with Gasteiger partial charge in [-0.3, -0.25) is 0 Å². The molecule has 3 aromatic heterocycles. The van der Waals surface area contributed by atoms with Crippen molar-refractivity contribution >= 4 is 11.0 Å². The van der Waals surface area contributed by atoms with Gasteiger partial charge in [-0.05, 0) is 30.9 Å². The molecule has 126 valence electrons. The van der Waals surface area contributed by atoms with Crippen LogP contribution in [0.15, 0.2) is 36.9 Å². The topological polar surface area (TPSA) is 76.1 Å². The second-order valence-electron chi connectivity index (χ2n) is 6.56. The summed E-state index contributed by atoms with van der Waals surface area (Å²) in [6.45, 7) is -0.106. The van der Waals surface area contributed by atoms with Gasteiger partial charge >= 0.3 is 0 Å². The molecule has 3 heterocycles. The minimum Gasteiger partial charge on any atom is -0.388 e. The van der Waals surface area contributed by atoms with Crippen LogP contribution in [0.1, 0.15) is 43.8 Å². The van der Waals surface area contributed by atoms with E-state index in [9.17, 15) is 10.2 Å². The fraction of sp³-hybridized carbons (Fsp3) is 0.444. The van der Waals surface area contributed by atoms with Crippen molar-refractivity contribution in [3.05, 3.63) is 42.5 Å². The lowest BCUT2D eigenvalue weighted by Gasteiger charge is -2.25. The molecule has 0 aliphatic heterocycles. The van der Waals surface area contributed by atoms with Crippen molar-refractivity contribution in [3.63, 3.8) is 0 Å². The molecule has 2 N–H and O–H groups in total. The van der Waals surface area contributed by atoms with Crippen molar-refractivity contribution in [3.8, 4) is 5.69 Å². The summed E-state index contributed by atoms with van der Waals surface area (Å²) in [5.74, 6) is 0.337. The Labute approximate surface area is 140 Å². The summed E-state index contributed by atoms with van der Waals surface area (Å²) in [5, 5.41) is 25.4. The van der Waals surface area contributed by atoms with Gasteiger partial charge in [-0.15, -0.1) is 0 Å². The molecule has 0 aromatic carbocycles. The molecule has 4 rings (SSSR count). The fourth-order valence-corrected chi connectivity index (χ4v) is 3.73. The van der Waals surface area contributed by atoms with E-state index in [-0.39, 0.29) is 6.73 Å². The van der Waals surface area contributed by atoms with E-state index < -0.39 is 6.10 Å². The molecule has 1 unspecified atom stereocenters. The number of aliphatic hydroxyl groups is 2. The van der Waals surface area contributed by atoms with E-state index in [1.54, 1.807) is 21.6 Å². The van der Waals surface area contributed by atoms with Crippen LogP contribution in [-0.2, 0) is 6.73 Å². The van der Waals surface area contributed by atoms with Gasteiger partial charge in [0.05, 0.1) is 18.0 Å². The van der Waals surface area contributed by atoms with Gasteiger partial charge in [0.15, 0.2) is 0 Å². The van der Waals surface area contributed by atoms with E-state index in [1.807, 2.05) is 24.5 Å². The Bertz CT molecular complexity index is 833. The van der Waals surface area contributed by atoms with Crippen molar-refractivity contribution in [1.82, 2.24) is 19.3 Å². The van der Waals surface area contributed by atoms with Crippen LogP contribution >= 0.6 is 0 Å². The molecule has 0 bridgehead atoms. The summed E-state index contributed by atoms with van der Waals surface area (Å²) < 4.78 is 3.47. The first-order valence-electron chi connectivity index (χ1n) is 8.55. The lowest BCUT2D eigenvalue weighted by atomic mass is 9.83. The lowest BCUT2D eigenvalue weighted by molar-refractivity contribution is 0.0848. The highest BCUT2D eigenvalue weighted by Gasteiger charge is 2.24. The van der Waals surface area contributed by atoms with Gasteiger partial charge in [-0.1, -0.05) is 19.3 Å². The number of fused-ring (bicyclic) bond motifs is 1. The molecule has 0 radical (unpaired) electrons. The van der Waals surface area contributed by atoms with Crippen molar-refractivity contribution in [2.24, 2.45) is 5.92 Å². The second-order valence-corrected chi connectivity index (χ2v) is 6.56. The average molecular weight is 326 g/mol. The highest BCUT2D eigenvalue weighted by atomic mass is 16.3. The first-order chi connectivity index (χ1) is 11.8. The fourth-order valence-electron chi connectivity index (χ4n) is 3.73. The van der Waals surface area contributed by atoms with Crippen LogP contribution in [0.3, 0.4) is 0 Å². The van der Waals surface area contributed by atoms with Gasteiger partial charge in [-0.2, -0.15) is 5.10 Å². The number of rotatable bonds is 4. The zero-order valence-corrected chi connectivity index (χ0v) is 13.5. The second kappa shape index (κ2) is 6.37. The van der Waals surface area contributed by atoms with E-state index in [1.165, 1.54) is 19.3 Å². The monoisotopic (exact) mass is 326 g/mol. The maximum atomic E-state index is 10.7. The Kier molecular flexibility index (Phi) is 4.08. The first kappa shape index (κ1) is 15.4. The Balaban J connectivity index is 1.66. The normalized spacial score (nSPS) is 17.4. The van der Waals surface area contributed by atoms with Gasteiger partial charge in [0.2, 0.25) is 0 Å². The van der Waals surface area contributed by atoms with Crippen LogP contribution in [0, 0.1) is 5.92 Å². The first-order valence-corrected chi connectivity index (χ1v) is 8.55. The van der Waals surface area contributed by atoms with E-state index >= 15 is 0 Å². The van der Waals surface area contributed by atoms with Crippen LogP contribution in [0.5, 0.6) is 0 Å². The molecule has 24 heavy (non-hydrogen) atoms. The predicted octanol–water partition coefficient (Wildman–Crippen LogP) is 2.79. The predicted molar refractivity (Wildman–Crippen MR) is 90.6 cm³/mol. The smallest absolute Gasteiger partial charge is 0.143 e. The van der Waals surface area contributed by atoms with Crippen molar-refractivity contribution < 1.29 is 10.2 Å². The summed E-state index contributed by atoms with van der Waals surface area (Å²) in [4.78, 5) is 4.33. The molecule has 0 saturated heterocycles. The average Bonchev–Trinajstić information content (AvgIpc) is 3.28. The molecule has 1 fully saturated rings. The van der Waals surface area contributed by atoms with Crippen molar-refractivity contribution in [2.45, 2.75) is 44.9 Å². The quantitative estimate of drug-likeness (QED) is 0.773. The number of nitrogens with zero attached hydrogens (tertiary/aromatic N) is 4. The number of aliphatic hydroxyl groups excluding tert-OH is 2. The van der Waals surface area contributed by atoms with E-state index in [0.717, 1.165) is 35.1 Å². The Morgan fingerprint density at radius 2 is 2.04 bits per heavy atom. The van der Waals surface area contributed by atoms with Gasteiger partial charge < -0.3 is 14.8 Å². The van der Waals surface area contributed by atoms with E-state index in [0.29, 0.717) is 5.92 Å². The van der Waals surface area contributed by atoms with Crippen molar-refractivity contribution in [2.75, 3.05) is 0 Å². The Morgan fingerprint density at radius 1 is 1.21 bits per heavy atom. The number of pyridine rings is 1. The van der Waals surface area contributed by atoms with E-state index in [2.05, 4.69) is 10.1 Å². The van der Waals surface area contributed by atoms with E-state index in [4.69, 9.17) is 0 Å². The molecule has 1 saturated carbocycles. The van der Waals surface area contributed by atoms with Gasteiger partial charge in [0, 0.05) is 29.5 Å². The van der Waals surface area contributed by atoms with Crippen molar-refractivity contribution in [1.29, 1.82) is 0 Å². The van der Waals surface area contributed by atoms with Crippen LogP contribution < -0.4 is 0 Å². The lowest BCUT2D eigenvalue weighted by Crippen LogP contribution is -2.15. The Hall–Kier alpha value is -2.18. The molecule has 6 heteroatoms. The van der Waals surface area contributed by atoms with Crippen LogP contribution in [0.25, 0.3) is 16.7 Å². The van der Waals surface area contributed by atoms with Gasteiger partial charge in [0.1, 0.15) is 12.4 Å². The molecular weight excluding hydrogens is 304 g/mol. The summed E-state index contributed by atoms with van der Waals surface area (Å²) in [6, 6.07) is 3.82. The van der Waals surface area contributed by atoms with Crippen LogP contribution in [-0.4, -0.2) is 29.5 Å². The summed E-state index contributed by atoms with van der Waals surface area (Å²) in [5.41, 5.74) is 2.49. The molecule has 3 aromatic rings. The number of hydrogen-bond donors (Lipinski definition) is 2. The molecule has 0 spiro atoms. The summed E-state index contributed by atoms with van der Waals surface area (Å²) in [6.07, 6.45) is 12.6. The third-order valence-electron chi connectivity index (χ3n) is 5.08. The zero-order chi connectivity index (χ0) is 16.5. The third-order valence-corrected chi connectivity index (χ3v) is 5.08. The molecule has 1 atom stereocenters. The summed E-state index contributed by atoms with van der Waals surface area (Å²) in [7, 11) is 0. The molecule has 1 aliphatic carbocycles. The van der Waals surface area contributed by atoms with Crippen LogP contribution in [0.4, 0.5) is 0 Å². The Morgan fingerprint density at radius 3 is 2.83 bits per heavy atom. The molecule has 1 aliphatic rings. The number of hydrogen-bond acceptors (Lipinski definition) is 4. The zero-order valence-electron chi connectivity index (χ0n) is 13.5. The summed E-state index contributed by atoms with van der Waals surface area (Å²) >= 11 is 0. The third kappa shape index (κ3) is 2.61. The minimum absolute atomic E-state index is 0.106.